The molecule has 1 aliphatic carbocycles. The third kappa shape index (κ3) is 3.71. The Labute approximate surface area is 171 Å². The van der Waals surface area contributed by atoms with Gasteiger partial charge in [-0.3, -0.25) is 9.78 Å². The molecule has 1 saturated heterocycles. The molecule has 1 aromatic heterocycles. The number of carboxylic acids is 1. The Hall–Kier alpha value is -2.89. The zero-order chi connectivity index (χ0) is 20.5. The van der Waals surface area contributed by atoms with Crippen LogP contribution >= 0.6 is 0 Å². The van der Waals surface area contributed by atoms with Crippen LogP contribution in [0.4, 0.5) is 5.69 Å². The van der Waals surface area contributed by atoms with Crippen molar-refractivity contribution in [1.29, 1.82) is 0 Å². The van der Waals surface area contributed by atoms with Crippen molar-refractivity contribution >= 4 is 17.6 Å². The highest BCUT2D eigenvalue weighted by Crippen LogP contribution is 2.40. The molecule has 1 saturated carbocycles. The third-order valence-corrected chi connectivity index (χ3v) is 6.31. The number of aliphatic carboxylic acids is 1. The Morgan fingerprint density at radius 1 is 1.07 bits per heavy atom. The van der Waals surface area contributed by atoms with Crippen molar-refractivity contribution in [2.75, 3.05) is 19.0 Å². The predicted molar refractivity (Wildman–Crippen MR) is 112 cm³/mol. The van der Waals surface area contributed by atoms with Gasteiger partial charge >= 0.3 is 5.97 Å². The SMILES string of the molecule is CN(C)c1ccc(-c2cncc(C(=O)N3C(C(=O)O)CC4CCCCC43)c2)cc1. The lowest BCUT2D eigenvalue weighted by atomic mass is 9.84. The van der Waals surface area contributed by atoms with Crippen molar-refractivity contribution in [3.05, 3.63) is 48.3 Å². The highest BCUT2D eigenvalue weighted by atomic mass is 16.4. The number of carbonyl (C=O) groups excluding carboxylic acids is 1. The van der Waals surface area contributed by atoms with Crippen molar-refractivity contribution in [3.63, 3.8) is 0 Å². The maximum Gasteiger partial charge on any atom is 0.326 e. The van der Waals surface area contributed by atoms with E-state index in [-0.39, 0.29) is 11.9 Å². The molecule has 1 amide bonds. The molecule has 3 atom stereocenters. The third-order valence-electron chi connectivity index (χ3n) is 6.31. The second kappa shape index (κ2) is 7.85. The number of anilines is 1. The molecule has 0 spiro atoms. The monoisotopic (exact) mass is 393 g/mol. The smallest absolute Gasteiger partial charge is 0.326 e. The molecular weight excluding hydrogens is 366 g/mol. The fourth-order valence-electron chi connectivity index (χ4n) is 4.79. The van der Waals surface area contributed by atoms with Crippen LogP contribution in [0.2, 0.25) is 0 Å². The van der Waals surface area contributed by atoms with E-state index in [4.69, 9.17) is 0 Å². The van der Waals surface area contributed by atoms with E-state index in [1.54, 1.807) is 17.3 Å². The van der Waals surface area contributed by atoms with E-state index in [2.05, 4.69) is 4.98 Å². The van der Waals surface area contributed by atoms with E-state index in [1.165, 1.54) is 0 Å². The van der Waals surface area contributed by atoms with Crippen LogP contribution < -0.4 is 4.90 Å². The van der Waals surface area contributed by atoms with Crippen LogP contribution in [0.5, 0.6) is 0 Å². The summed E-state index contributed by atoms with van der Waals surface area (Å²) in [5.74, 6) is -0.828. The highest BCUT2D eigenvalue weighted by molar-refractivity contribution is 5.98. The van der Waals surface area contributed by atoms with Gasteiger partial charge < -0.3 is 14.9 Å². The summed E-state index contributed by atoms with van der Waals surface area (Å²) in [6.45, 7) is 0. The number of amides is 1. The second-order valence-corrected chi connectivity index (χ2v) is 8.32. The van der Waals surface area contributed by atoms with Crippen LogP contribution in [0, 0.1) is 5.92 Å². The largest absolute Gasteiger partial charge is 0.480 e. The predicted octanol–water partition coefficient (Wildman–Crippen LogP) is 3.67. The van der Waals surface area contributed by atoms with Crippen LogP contribution in [-0.2, 0) is 4.79 Å². The minimum atomic E-state index is -0.906. The van der Waals surface area contributed by atoms with Crippen LogP contribution in [0.25, 0.3) is 11.1 Å². The van der Waals surface area contributed by atoms with Crippen molar-refractivity contribution in [2.24, 2.45) is 5.92 Å². The average molecular weight is 393 g/mol. The lowest BCUT2D eigenvalue weighted by Gasteiger charge is -2.33. The number of hydrogen-bond donors (Lipinski definition) is 1. The number of pyridine rings is 1. The Balaban J connectivity index is 1.63. The van der Waals surface area contributed by atoms with E-state index in [9.17, 15) is 14.7 Å². The topological polar surface area (TPSA) is 73.7 Å². The van der Waals surface area contributed by atoms with Crippen molar-refractivity contribution in [1.82, 2.24) is 9.88 Å². The molecule has 1 N–H and O–H groups in total. The minimum Gasteiger partial charge on any atom is -0.480 e. The van der Waals surface area contributed by atoms with Gasteiger partial charge in [-0.25, -0.2) is 4.79 Å². The number of benzene rings is 1. The molecule has 1 aliphatic heterocycles. The van der Waals surface area contributed by atoms with Crippen molar-refractivity contribution in [3.8, 4) is 11.1 Å². The van der Waals surface area contributed by atoms with Gasteiger partial charge in [-0.2, -0.15) is 0 Å². The second-order valence-electron chi connectivity index (χ2n) is 8.32. The maximum atomic E-state index is 13.4. The quantitative estimate of drug-likeness (QED) is 0.858. The van der Waals surface area contributed by atoms with Gasteiger partial charge in [-0.05, 0) is 48.9 Å². The van der Waals surface area contributed by atoms with Gasteiger partial charge in [0.1, 0.15) is 6.04 Å². The van der Waals surface area contributed by atoms with Gasteiger partial charge in [0.25, 0.3) is 5.91 Å². The molecule has 2 fully saturated rings. The minimum absolute atomic E-state index is 0.0281. The molecule has 3 unspecified atom stereocenters. The summed E-state index contributed by atoms with van der Waals surface area (Å²) >= 11 is 0. The zero-order valence-corrected chi connectivity index (χ0v) is 16.9. The van der Waals surface area contributed by atoms with Crippen LogP contribution in [0.15, 0.2) is 42.7 Å². The number of fused-ring (bicyclic) bond motifs is 1. The van der Waals surface area contributed by atoms with E-state index < -0.39 is 12.0 Å². The summed E-state index contributed by atoms with van der Waals surface area (Å²) in [5, 5.41) is 9.72. The summed E-state index contributed by atoms with van der Waals surface area (Å²) in [5.41, 5.74) is 3.38. The Morgan fingerprint density at radius 2 is 1.79 bits per heavy atom. The molecule has 152 valence electrons. The van der Waals surface area contributed by atoms with E-state index >= 15 is 0 Å². The molecular formula is C23H27N3O3. The number of likely N-dealkylation sites (tertiary alicyclic amines) is 1. The zero-order valence-electron chi connectivity index (χ0n) is 16.9. The molecule has 6 nitrogen and oxygen atoms in total. The summed E-state index contributed by atoms with van der Waals surface area (Å²) < 4.78 is 0. The summed E-state index contributed by atoms with van der Waals surface area (Å²) in [6.07, 6.45) is 7.92. The maximum absolute atomic E-state index is 13.4. The Morgan fingerprint density at radius 3 is 2.48 bits per heavy atom. The van der Waals surface area contributed by atoms with E-state index in [1.807, 2.05) is 49.3 Å². The van der Waals surface area contributed by atoms with Crippen LogP contribution in [0.3, 0.4) is 0 Å². The number of hydrogen-bond acceptors (Lipinski definition) is 4. The molecule has 4 rings (SSSR count). The van der Waals surface area contributed by atoms with Crippen molar-refractivity contribution in [2.45, 2.75) is 44.2 Å². The number of carboxylic acid groups (broad SMARTS) is 1. The number of rotatable bonds is 4. The molecule has 0 bridgehead atoms. The number of nitrogens with zero attached hydrogens (tertiary/aromatic N) is 3. The average Bonchev–Trinajstić information content (AvgIpc) is 3.13. The van der Waals surface area contributed by atoms with Gasteiger partial charge in [0.15, 0.2) is 0 Å². The molecule has 0 radical (unpaired) electrons. The number of carbonyl (C=O) groups is 2. The van der Waals surface area contributed by atoms with Gasteiger partial charge in [0.05, 0.1) is 5.56 Å². The highest BCUT2D eigenvalue weighted by Gasteiger charge is 2.47. The molecule has 29 heavy (non-hydrogen) atoms. The first-order chi connectivity index (χ1) is 14.0. The normalized spacial score (nSPS) is 23.5. The summed E-state index contributed by atoms with van der Waals surface area (Å²) in [4.78, 5) is 33.1. The molecule has 2 heterocycles. The Kier molecular flexibility index (Phi) is 5.26. The molecule has 1 aromatic carbocycles. The van der Waals surface area contributed by atoms with Crippen LogP contribution in [0.1, 0.15) is 42.5 Å². The molecule has 2 aromatic rings. The first kappa shape index (κ1) is 19.4. The van der Waals surface area contributed by atoms with Crippen molar-refractivity contribution < 1.29 is 14.7 Å². The van der Waals surface area contributed by atoms with Gasteiger partial charge in [0, 0.05) is 43.8 Å². The van der Waals surface area contributed by atoms with E-state index in [0.29, 0.717) is 17.9 Å². The van der Waals surface area contributed by atoms with E-state index in [0.717, 1.165) is 42.5 Å². The fourth-order valence-corrected chi connectivity index (χ4v) is 4.79. The van der Waals surface area contributed by atoms with Gasteiger partial charge in [-0.1, -0.05) is 25.0 Å². The lowest BCUT2D eigenvalue weighted by Crippen LogP contribution is -2.46. The first-order valence-electron chi connectivity index (χ1n) is 10.2. The van der Waals surface area contributed by atoms with Gasteiger partial charge in [-0.15, -0.1) is 0 Å². The molecule has 2 aliphatic rings. The lowest BCUT2D eigenvalue weighted by molar-refractivity contribution is -0.141. The summed E-state index contributed by atoms with van der Waals surface area (Å²) in [6, 6.07) is 9.18. The number of aromatic nitrogens is 1. The van der Waals surface area contributed by atoms with Gasteiger partial charge in [0.2, 0.25) is 0 Å². The fraction of sp³-hybridized carbons (Fsp3) is 0.435. The molecule has 6 heteroatoms. The Bertz CT molecular complexity index is 910. The van der Waals surface area contributed by atoms with Crippen LogP contribution in [-0.4, -0.2) is 53.0 Å². The standard InChI is InChI=1S/C23H27N3O3/c1-25(2)19-9-7-15(8-10-19)17-11-18(14-24-13-17)22(27)26-20-6-4-3-5-16(20)12-21(26)23(28)29/h7-11,13-14,16,20-21H,3-6,12H2,1-2H3,(H,28,29). The first-order valence-corrected chi connectivity index (χ1v) is 10.2. The summed E-state index contributed by atoms with van der Waals surface area (Å²) in [7, 11) is 3.98.